The summed E-state index contributed by atoms with van der Waals surface area (Å²) in [6, 6.07) is 2.86. The van der Waals surface area contributed by atoms with E-state index in [4.69, 9.17) is 11.6 Å². The molecule has 0 radical (unpaired) electrons. The standard InChI is InChI=1S/C9H11ClN4O3/c10-5-9(15)12-4-3-11-8-2-1-7(6-13-8)14(16)17/h1-2,6H,3-5H2,(H,11,13)(H,12,15). The van der Waals surface area contributed by atoms with Gasteiger partial charge in [-0.25, -0.2) is 4.98 Å². The predicted molar refractivity (Wildman–Crippen MR) is 63.1 cm³/mol. The zero-order valence-electron chi connectivity index (χ0n) is 8.85. The second-order valence-corrected chi connectivity index (χ2v) is 3.34. The van der Waals surface area contributed by atoms with Crippen molar-refractivity contribution in [1.82, 2.24) is 10.3 Å². The number of hydrogen-bond acceptors (Lipinski definition) is 5. The number of hydrogen-bond donors (Lipinski definition) is 2. The molecule has 0 aromatic carbocycles. The Bertz CT molecular complexity index is 396. The summed E-state index contributed by atoms with van der Waals surface area (Å²) in [5.41, 5.74) is -0.0639. The molecule has 0 aliphatic heterocycles. The Morgan fingerprint density at radius 1 is 1.47 bits per heavy atom. The Kier molecular flexibility index (Phi) is 5.15. The molecule has 1 rings (SSSR count). The molecule has 92 valence electrons. The molecular weight excluding hydrogens is 248 g/mol. The van der Waals surface area contributed by atoms with Gasteiger partial charge in [0.1, 0.15) is 17.9 Å². The lowest BCUT2D eigenvalue weighted by Crippen LogP contribution is -2.29. The number of carbonyl (C=O) groups excluding carboxylic acids is 1. The maximum Gasteiger partial charge on any atom is 0.287 e. The van der Waals surface area contributed by atoms with Crippen molar-refractivity contribution in [2.75, 3.05) is 24.3 Å². The maximum atomic E-state index is 10.8. The Labute approximate surface area is 102 Å². The fraction of sp³-hybridized carbons (Fsp3) is 0.333. The zero-order chi connectivity index (χ0) is 12.7. The molecule has 17 heavy (non-hydrogen) atoms. The Morgan fingerprint density at radius 3 is 2.76 bits per heavy atom. The fourth-order valence-corrected chi connectivity index (χ4v) is 1.13. The summed E-state index contributed by atoms with van der Waals surface area (Å²) in [7, 11) is 0. The minimum atomic E-state index is -0.516. The zero-order valence-corrected chi connectivity index (χ0v) is 9.61. The summed E-state index contributed by atoms with van der Waals surface area (Å²) in [6.45, 7) is 0.873. The van der Waals surface area contributed by atoms with Crippen molar-refractivity contribution in [1.29, 1.82) is 0 Å². The summed E-state index contributed by atoms with van der Waals surface area (Å²) < 4.78 is 0. The highest BCUT2D eigenvalue weighted by atomic mass is 35.5. The molecule has 1 aromatic rings. The first-order chi connectivity index (χ1) is 8.13. The average molecular weight is 259 g/mol. The number of carbonyl (C=O) groups is 1. The SMILES string of the molecule is O=C(CCl)NCCNc1ccc([N+](=O)[O-])cn1. The van der Waals surface area contributed by atoms with Gasteiger partial charge >= 0.3 is 0 Å². The fourth-order valence-electron chi connectivity index (χ4n) is 1.04. The third-order valence-electron chi connectivity index (χ3n) is 1.83. The van der Waals surface area contributed by atoms with Crippen LogP contribution in [0.2, 0.25) is 0 Å². The molecule has 0 saturated carbocycles. The van der Waals surface area contributed by atoms with Crippen LogP contribution in [-0.2, 0) is 4.79 Å². The molecule has 1 aromatic heterocycles. The Morgan fingerprint density at radius 2 is 2.24 bits per heavy atom. The molecule has 8 heteroatoms. The van der Waals surface area contributed by atoms with Gasteiger partial charge in [0.2, 0.25) is 5.91 Å². The van der Waals surface area contributed by atoms with Crippen LogP contribution < -0.4 is 10.6 Å². The summed E-state index contributed by atoms with van der Waals surface area (Å²) in [5, 5.41) is 15.8. The van der Waals surface area contributed by atoms with Crippen molar-refractivity contribution in [3.05, 3.63) is 28.4 Å². The number of anilines is 1. The first-order valence-corrected chi connectivity index (χ1v) is 5.34. The first kappa shape index (κ1) is 13.2. The average Bonchev–Trinajstić information content (AvgIpc) is 2.34. The van der Waals surface area contributed by atoms with Crippen LogP contribution in [0.15, 0.2) is 18.3 Å². The van der Waals surface area contributed by atoms with Gasteiger partial charge in [-0.15, -0.1) is 11.6 Å². The monoisotopic (exact) mass is 258 g/mol. The largest absolute Gasteiger partial charge is 0.368 e. The molecule has 1 heterocycles. The summed E-state index contributed by atoms with van der Waals surface area (Å²) in [6.07, 6.45) is 1.17. The number of amides is 1. The quantitative estimate of drug-likeness (QED) is 0.340. The van der Waals surface area contributed by atoms with E-state index in [2.05, 4.69) is 15.6 Å². The minimum absolute atomic E-state index is 0.0639. The van der Waals surface area contributed by atoms with E-state index < -0.39 is 4.92 Å². The highest BCUT2D eigenvalue weighted by Gasteiger charge is 2.04. The van der Waals surface area contributed by atoms with Crippen LogP contribution in [-0.4, -0.2) is 34.8 Å². The molecule has 0 saturated heterocycles. The van der Waals surface area contributed by atoms with Crippen LogP contribution in [0, 0.1) is 10.1 Å². The van der Waals surface area contributed by atoms with Crippen LogP contribution in [0.25, 0.3) is 0 Å². The van der Waals surface area contributed by atoms with Gasteiger partial charge < -0.3 is 10.6 Å². The normalized spacial score (nSPS) is 9.71. The first-order valence-electron chi connectivity index (χ1n) is 4.80. The van der Waals surface area contributed by atoms with Gasteiger partial charge in [0.15, 0.2) is 0 Å². The van der Waals surface area contributed by atoms with Gasteiger partial charge in [0.25, 0.3) is 5.69 Å². The summed E-state index contributed by atoms with van der Waals surface area (Å²) >= 11 is 5.29. The van der Waals surface area contributed by atoms with Crippen molar-refractivity contribution in [3.63, 3.8) is 0 Å². The molecule has 0 aliphatic carbocycles. The van der Waals surface area contributed by atoms with Crippen molar-refractivity contribution in [2.45, 2.75) is 0 Å². The van der Waals surface area contributed by atoms with E-state index in [1.54, 1.807) is 0 Å². The third-order valence-corrected chi connectivity index (χ3v) is 2.08. The summed E-state index contributed by atoms with van der Waals surface area (Å²) in [4.78, 5) is 24.5. The third kappa shape index (κ3) is 4.64. The van der Waals surface area contributed by atoms with Crippen molar-refractivity contribution in [2.24, 2.45) is 0 Å². The highest BCUT2D eigenvalue weighted by molar-refractivity contribution is 6.27. The maximum absolute atomic E-state index is 10.8. The van der Waals surface area contributed by atoms with Crippen LogP contribution >= 0.6 is 11.6 Å². The molecule has 0 aliphatic rings. The molecular formula is C9H11ClN4O3. The highest BCUT2D eigenvalue weighted by Crippen LogP contribution is 2.11. The lowest BCUT2D eigenvalue weighted by atomic mass is 10.4. The number of nitrogens with zero attached hydrogens (tertiary/aromatic N) is 2. The minimum Gasteiger partial charge on any atom is -0.368 e. The van der Waals surface area contributed by atoms with Gasteiger partial charge in [-0.3, -0.25) is 14.9 Å². The smallest absolute Gasteiger partial charge is 0.287 e. The van der Waals surface area contributed by atoms with Crippen LogP contribution in [0.4, 0.5) is 11.5 Å². The van der Waals surface area contributed by atoms with Gasteiger partial charge in [-0.2, -0.15) is 0 Å². The van der Waals surface area contributed by atoms with Crippen LogP contribution in [0.1, 0.15) is 0 Å². The van der Waals surface area contributed by atoms with E-state index in [1.165, 1.54) is 18.3 Å². The van der Waals surface area contributed by atoms with Gasteiger partial charge in [-0.1, -0.05) is 0 Å². The van der Waals surface area contributed by atoms with E-state index in [0.717, 1.165) is 0 Å². The number of aromatic nitrogens is 1. The van der Waals surface area contributed by atoms with Gasteiger partial charge in [0.05, 0.1) is 4.92 Å². The molecule has 1 amide bonds. The van der Waals surface area contributed by atoms with E-state index in [0.29, 0.717) is 18.9 Å². The Hall–Kier alpha value is -1.89. The van der Waals surface area contributed by atoms with Crippen molar-refractivity contribution < 1.29 is 9.72 Å². The van der Waals surface area contributed by atoms with E-state index >= 15 is 0 Å². The lowest BCUT2D eigenvalue weighted by Gasteiger charge is -2.05. The molecule has 0 fully saturated rings. The molecule has 0 unspecified atom stereocenters. The number of pyridine rings is 1. The molecule has 7 nitrogen and oxygen atoms in total. The number of alkyl halides is 1. The second-order valence-electron chi connectivity index (χ2n) is 3.07. The predicted octanol–water partition coefficient (Wildman–Crippen LogP) is 0.757. The van der Waals surface area contributed by atoms with E-state index in [-0.39, 0.29) is 17.5 Å². The molecule has 0 atom stereocenters. The molecule has 2 N–H and O–H groups in total. The van der Waals surface area contributed by atoms with Crippen LogP contribution in [0.5, 0.6) is 0 Å². The number of nitro groups is 1. The van der Waals surface area contributed by atoms with Gasteiger partial charge in [-0.05, 0) is 6.07 Å². The van der Waals surface area contributed by atoms with Gasteiger partial charge in [0, 0.05) is 19.2 Å². The number of halogens is 1. The lowest BCUT2D eigenvalue weighted by molar-refractivity contribution is -0.385. The topological polar surface area (TPSA) is 97.2 Å². The second kappa shape index (κ2) is 6.64. The summed E-state index contributed by atoms with van der Waals surface area (Å²) in [5.74, 6) is 0.191. The number of nitrogens with one attached hydrogen (secondary N) is 2. The Balaban J connectivity index is 2.32. The van der Waals surface area contributed by atoms with Crippen LogP contribution in [0.3, 0.4) is 0 Å². The van der Waals surface area contributed by atoms with Crippen molar-refractivity contribution >= 4 is 29.0 Å². The molecule has 0 bridgehead atoms. The van der Waals surface area contributed by atoms with E-state index in [9.17, 15) is 14.9 Å². The van der Waals surface area contributed by atoms with E-state index in [1.807, 2.05) is 0 Å². The van der Waals surface area contributed by atoms with Crippen molar-refractivity contribution in [3.8, 4) is 0 Å². The molecule has 0 spiro atoms. The number of rotatable bonds is 6.